The topological polar surface area (TPSA) is 19.6 Å². The molecule has 0 fully saturated rings. The fourth-order valence-electron chi connectivity index (χ4n) is 12.3. The summed E-state index contributed by atoms with van der Waals surface area (Å²) >= 11 is 0. The van der Waals surface area contributed by atoms with Crippen molar-refractivity contribution in [1.82, 2.24) is 0 Å². The number of furan rings is 1. The van der Waals surface area contributed by atoms with Crippen molar-refractivity contribution in [3.05, 3.63) is 148 Å². The Labute approximate surface area is 383 Å². The number of aryl methyl sites for hydroxylation is 2. The van der Waals surface area contributed by atoms with E-state index in [4.69, 9.17) is 4.42 Å². The molecule has 0 saturated heterocycles. The molecule has 64 heavy (non-hydrogen) atoms. The summed E-state index contributed by atoms with van der Waals surface area (Å²) in [5.41, 5.74) is 24.5. The Kier molecular flexibility index (Phi) is 8.72. The Morgan fingerprint density at radius 2 is 1.17 bits per heavy atom. The summed E-state index contributed by atoms with van der Waals surface area (Å²) in [6, 6.07) is 42.2. The number of anilines is 6. The lowest BCUT2D eigenvalue weighted by Gasteiger charge is -2.49. The van der Waals surface area contributed by atoms with Gasteiger partial charge in [-0.15, -0.1) is 0 Å². The molecular formula is C60H65BN2O. The first-order chi connectivity index (χ1) is 30.2. The molecule has 0 unspecified atom stereocenters. The number of rotatable bonds is 3. The minimum Gasteiger partial charge on any atom is -0.468 e. The SMILES string of the molecule is Cc1cc2c3c(c1)N(c1c(C)cc(C(C)(C)C)cc1-c1ccccc1)c1c(oc4ccccc14)B3c1ccc3c(c1N2c1ccc2c(c1)C(C)(C)CCC2(C)C)C(C)(C)CCC3(C)C. The van der Waals surface area contributed by atoms with Crippen LogP contribution in [0.1, 0.15) is 141 Å². The summed E-state index contributed by atoms with van der Waals surface area (Å²) in [5, 5.41) is 1.15. The highest BCUT2D eigenvalue weighted by atomic mass is 16.3. The predicted molar refractivity (Wildman–Crippen MR) is 274 cm³/mol. The van der Waals surface area contributed by atoms with Gasteiger partial charge in [0.05, 0.1) is 17.0 Å². The maximum atomic E-state index is 7.38. The third kappa shape index (κ3) is 5.92. The monoisotopic (exact) mass is 841 g/mol. The van der Waals surface area contributed by atoms with Gasteiger partial charge in [0, 0.05) is 33.7 Å². The van der Waals surface area contributed by atoms with Crippen LogP contribution < -0.4 is 26.4 Å². The lowest BCUT2D eigenvalue weighted by Crippen LogP contribution is -2.61. The van der Waals surface area contributed by atoms with Gasteiger partial charge < -0.3 is 14.2 Å². The van der Waals surface area contributed by atoms with Crippen LogP contribution in [0, 0.1) is 13.8 Å². The van der Waals surface area contributed by atoms with Crippen LogP contribution in [0.15, 0.2) is 114 Å². The third-order valence-corrected chi connectivity index (χ3v) is 16.2. The van der Waals surface area contributed by atoms with Crippen molar-refractivity contribution in [1.29, 1.82) is 0 Å². The number of hydrogen-bond donors (Lipinski definition) is 0. The highest BCUT2D eigenvalue weighted by Crippen LogP contribution is 2.56. The van der Waals surface area contributed by atoms with Gasteiger partial charge in [-0.3, -0.25) is 0 Å². The van der Waals surface area contributed by atoms with Gasteiger partial charge in [0.2, 0.25) is 0 Å². The van der Waals surface area contributed by atoms with Gasteiger partial charge in [-0.1, -0.05) is 143 Å². The van der Waals surface area contributed by atoms with Gasteiger partial charge in [-0.05, 0) is 165 Å². The number of nitrogens with zero attached hydrogens (tertiary/aromatic N) is 2. The summed E-state index contributed by atoms with van der Waals surface area (Å²) in [4.78, 5) is 5.33. The summed E-state index contributed by atoms with van der Waals surface area (Å²) in [6.07, 6.45) is 4.66. The fraction of sp³-hybridized carbons (Fsp3) is 0.367. The highest BCUT2D eigenvalue weighted by molar-refractivity contribution is 7.00. The number of para-hydroxylation sites is 1. The van der Waals surface area contributed by atoms with Crippen LogP contribution in [-0.4, -0.2) is 6.71 Å². The molecular weight excluding hydrogens is 775 g/mol. The van der Waals surface area contributed by atoms with Crippen LogP contribution in [0.5, 0.6) is 0 Å². The zero-order valence-corrected chi connectivity index (χ0v) is 40.6. The van der Waals surface area contributed by atoms with Crippen molar-refractivity contribution in [3.8, 4) is 11.1 Å². The minimum absolute atomic E-state index is 0.0276. The maximum absolute atomic E-state index is 7.38. The van der Waals surface area contributed by atoms with E-state index in [9.17, 15) is 0 Å². The second kappa shape index (κ2) is 13.5. The average Bonchev–Trinajstić information content (AvgIpc) is 3.63. The summed E-state index contributed by atoms with van der Waals surface area (Å²) in [6.45, 7) is 31.3. The lowest BCUT2D eigenvalue weighted by molar-refractivity contribution is 0.331. The molecule has 6 aromatic carbocycles. The second-order valence-electron chi connectivity index (χ2n) is 23.6. The van der Waals surface area contributed by atoms with E-state index >= 15 is 0 Å². The van der Waals surface area contributed by atoms with E-state index < -0.39 is 0 Å². The molecule has 0 amide bonds. The van der Waals surface area contributed by atoms with Crippen molar-refractivity contribution in [2.75, 3.05) is 9.80 Å². The van der Waals surface area contributed by atoms with E-state index in [0.29, 0.717) is 0 Å². The Balaban J connectivity index is 1.29. The number of benzene rings is 6. The Hall–Kier alpha value is -5.48. The van der Waals surface area contributed by atoms with Crippen LogP contribution in [0.2, 0.25) is 0 Å². The Morgan fingerprint density at radius 3 is 1.88 bits per heavy atom. The average molecular weight is 841 g/mol. The molecule has 0 atom stereocenters. The van der Waals surface area contributed by atoms with Crippen molar-refractivity contribution in [2.45, 2.75) is 143 Å². The van der Waals surface area contributed by atoms with Crippen LogP contribution in [0.3, 0.4) is 0 Å². The predicted octanol–water partition coefficient (Wildman–Crippen LogP) is 14.8. The quantitative estimate of drug-likeness (QED) is 0.165. The molecule has 4 heteroatoms. The lowest BCUT2D eigenvalue weighted by atomic mass is 9.35. The normalized spacial score (nSPS) is 18.5. The molecule has 2 aliphatic carbocycles. The molecule has 0 spiro atoms. The largest absolute Gasteiger partial charge is 0.468 e. The molecule has 4 aliphatic rings. The fourth-order valence-corrected chi connectivity index (χ4v) is 12.3. The molecule has 3 heterocycles. The summed E-state index contributed by atoms with van der Waals surface area (Å²) in [5.74, 6) is 0. The van der Waals surface area contributed by atoms with E-state index in [1.165, 1.54) is 102 Å². The van der Waals surface area contributed by atoms with Gasteiger partial charge in [-0.25, -0.2) is 0 Å². The molecule has 0 saturated carbocycles. The van der Waals surface area contributed by atoms with E-state index in [2.05, 4.69) is 209 Å². The van der Waals surface area contributed by atoms with Crippen molar-refractivity contribution in [3.63, 3.8) is 0 Å². The van der Waals surface area contributed by atoms with E-state index in [-0.39, 0.29) is 33.8 Å². The highest BCUT2D eigenvalue weighted by Gasteiger charge is 2.51. The molecule has 7 aromatic rings. The summed E-state index contributed by atoms with van der Waals surface area (Å²) < 4.78 is 7.38. The Morgan fingerprint density at radius 1 is 0.562 bits per heavy atom. The van der Waals surface area contributed by atoms with E-state index in [0.717, 1.165) is 35.2 Å². The molecule has 324 valence electrons. The van der Waals surface area contributed by atoms with Crippen molar-refractivity contribution in [2.24, 2.45) is 0 Å². The van der Waals surface area contributed by atoms with Crippen LogP contribution >= 0.6 is 0 Å². The van der Waals surface area contributed by atoms with Crippen LogP contribution in [0.25, 0.3) is 22.1 Å². The van der Waals surface area contributed by atoms with E-state index in [1.54, 1.807) is 0 Å². The summed E-state index contributed by atoms with van der Waals surface area (Å²) in [7, 11) is 0. The molecule has 0 N–H and O–H groups in total. The van der Waals surface area contributed by atoms with Crippen molar-refractivity contribution < 1.29 is 4.42 Å². The Bertz CT molecular complexity index is 3080. The first-order valence-electron chi connectivity index (χ1n) is 24.0. The zero-order chi connectivity index (χ0) is 45.0. The minimum atomic E-state index is -0.107. The molecule has 3 nitrogen and oxygen atoms in total. The molecule has 0 radical (unpaired) electrons. The van der Waals surface area contributed by atoms with Crippen LogP contribution in [-0.2, 0) is 27.1 Å². The number of hydrogen-bond acceptors (Lipinski definition) is 3. The maximum Gasteiger partial charge on any atom is 0.297 e. The van der Waals surface area contributed by atoms with Gasteiger partial charge in [0.25, 0.3) is 6.71 Å². The smallest absolute Gasteiger partial charge is 0.297 e. The van der Waals surface area contributed by atoms with Gasteiger partial charge in [-0.2, -0.15) is 0 Å². The molecule has 2 aliphatic heterocycles. The van der Waals surface area contributed by atoms with Crippen LogP contribution in [0.4, 0.5) is 34.1 Å². The third-order valence-electron chi connectivity index (χ3n) is 16.2. The standard InChI is InChI=1S/C60H65BN2O/c1-36-31-47-51-48(32-36)63(52-37(2)33-39(56(3,4)5)34-42(52)38-19-15-14-16-20-38)53-41-21-17-18-22-49(41)64-55(53)61(51)46-26-25-44-50(60(12,13)30-29-58(44,8)9)54(46)62(47)40-23-24-43-45(35-40)59(10,11)28-27-57(43,6)7/h14-26,31-35H,27-30H2,1-13H3. The molecule has 11 rings (SSSR count). The zero-order valence-electron chi connectivity index (χ0n) is 40.6. The first kappa shape index (κ1) is 41.2. The van der Waals surface area contributed by atoms with E-state index in [1.807, 2.05) is 0 Å². The number of fused-ring (bicyclic) bond motifs is 9. The van der Waals surface area contributed by atoms with Gasteiger partial charge >= 0.3 is 0 Å². The molecule has 0 bridgehead atoms. The van der Waals surface area contributed by atoms with Gasteiger partial charge in [0.15, 0.2) is 0 Å². The molecule has 1 aromatic heterocycles. The first-order valence-corrected chi connectivity index (χ1v) is 24.0. The van der Waals surface area contributed by atoms with Crippen molar-refractivity contribution >= 4 is 68.4 Å². The second-order valence-corrected chi connectivity index (χ2v) is 23.6. The van der Waals surface area contributed by atoms with Gasteiger partial charge in [0.1, 0.15) is 5.58 Å².